The molecule has 0 radical (unpaired) electrons. The number of hydrogen-bond acceptors (Lipinski definition) is 3. The first-order chi connectivity index (χ1) is 13.8. The minimum absolute atomic E-state index is 0.0356. The lowest BCUT2D eigenvalue weighted by Gasteiger charge is -2.06. The number of anilines is 1. The topological polar surface area (TPSA) is 80.2 Å². The van der Waals surface area contributed by atoms with Gasteiger partial charge in [0.15, 0.2) is 11.6 Å². The molecular formula is C21H17F2N3O3. The van der Waals surface area contributed by atoms with E-state index in [0.717, 1.165) is 17.7 Å². The normalized spacial score (nSPS) is 10.4. The third-order valence-corrected chi connectivity index (χ3v) is 4.18. The zero-order chi connectivity index (χ0) is 21.0. The third kappa shape index (κ3) is 4.73. The fourth-order valence-corrected chi connectivity index (χ4v) is 2.67. The molecule has 0 aliphatic rings. The van der Waals surface area contributed by atoms with Crippen LogP contribution < -0.4 is 10.6 Å². The van der Waals surface area contributed by atoms with Crippen LogP contribution in [0.1, 0.15) is 26.4 Å². The van der Waals surface area contributed by atoms with Crippen molar-refractivity contribution in [3.05, 3.63) is 89.2 Å². The number of Topliss-reactive ketones (excluding diaryl/α,β-unsaturated/α-hetero) is 1. The number of hydrogen-bond donors (Lipinski definition) is 2. The van der Waals surface area contributed by atoms with Crippen molar-refractivity contribution >= 4 is 23.3 Å². The van der Waals surface area contributed by atoms with Crippen molar-refractivity contribution in [2.75, 3.05) is 5.32 Å². The first kappa shape index (κ1) is 19.9. The summed E-state index contributed by atoms with van der Waals surface area (Å²) in [6.45, 7) is 0.196. The highest BCUT2D eigenvalue weighted by Crippen LogP contribution is 2.16. The van der Waals surface area contributed by atoms with Gasteiger partial charge in [-0.25, -0.2) is 8.78 Å². The van der Waals surface area contributed by atoms with Crippen LogP contribution in [0.25, 0.3) is 0 Å². The van der Waals surface area contributed by atoms with Gasteiger partial charge >= 0.3 is 0 Å². The second-order valence-corrected chi connectivity index (χ2v) is 6.31. The maximum absolute atomic E-state index is 13.3. The number of aryl methyl sites for hydroxylation is 1. The van der Waals surface area contributed by atoms with Gasteiger partial charge in [0.05, 0.1) is 0 Å². The Kier molecular flexibility index (Phi) is 5.82. The van der Waals surface area contributed by atoms with Crippen molar-refractivity contribution in [1.29, 1.82) is 0 Å². The lowest BCUT2D eigenvalue weighted by atomic mass is 10.2. The van der Waals surface area contributed by atoms with E-state index in [1.807, 2.05) is 30.3 Å². The van der Waals surface area contributed by atoms with Crippen molar-refractivity contribution in [1.82, 2.24) is 9.88 Å². The van der Waals surface area contributed by atoms with E-state index in [2.05, 4.69) is 10.6 Å². The largest absolute Gasteiger partial charge is 0.346 e. The number of nitrogens with one attached hydrogen (secondary N) is 2. The SMILES string of the molecule is Cn1cc(C(=O)C(=O)NCc2ccccc2)cc1C(=O)Nc1ccc(F)c(F)c1. The highest BCUT2D eigenvalue weighted by Gasteiger charge is 2.21. The van der Waals surface area contributed by atoms with Crippen molar-refractivity contribution in [2.24, 2.45) is 7.05 Å². The molecular weight excluding hydrogens is 380 g/mol. The molecule has 2 amide bonds. The number of aromatic nitrogens is 1. The number of ketones is 1. The quantitative estimate of drug-likeness (QED) is 0.496. The van der Waals surface area contributed by atoms with Crippen LogP contribution in [0.3, 0.4) is 0 Å². The summed E-state index contributed by atoms with van der Waals surface area (Å²) < 4.78 is 27.6. The first-order valence-corrected chi connectivity index (χ1v) is 8.64. The lowest BCUT2D eigenvalue weighted by Crippen LogP contribution is -2.30. The van der Waals surface area contributed by atoms with Gasteiger partial charge in [0.2, 0.25) is 0 Å². The van der Waals surface area contributed by atoms with E-state index in [-0.39, 0.29) is 23.5 Å². The second-order valence-electron chi connectivity index (χ2n) is 6.31. The molecule has 0 spiro atoms. The van der Waals surface area contributed by atoms with Crippen LogP contribution in [0.4, 0.5) is 14.5 Å². The van der Waals surface area contributed by atoms with Crippen LogP contribution in [0.5, 0.6) is 0 Å². The number of carbonyl (C=O) groups is 3. The van der Waals surface area contributed by atoms with Gasteiger partial charge in [-0.05, 0) is 23.8 Å². The summed E-state index contributed by atoms with van der Waals surface area (Å²) in [6, 6.07) is 13.3. The lowest BCUT2D eigenvalue weighted by molar-refractivity contribution is -0.117. The van der Waals surface area contributed by atoms with Crippen molar-refractivity contribution in [3.63, 3.8) is 0 Å². The highest BCUT2D eigenvalue weighted by atomic mass is 19.2. The van der Waals surface area contributed by atoms with Gasteiger partial charge in [0.1, 0.15) is 5.69 Å². The van der Waals surface area contributed by atoms with Crippen LogP contribution in [0.2, 0.25) is 0 Å². The van der Waals surface area contributed by atoms with E-state index in [0.29, 0.717) is 0 Å². The fraction of sp³-hybridized carbons (Fsp3) is 0.0952. The summed E-state index contributed by atoms with van der Waals surface area (Å²) in [6.07, 6.45) is 1.35. The number of halogens is 2. The van der Waals surface area contributed by atoms with Gasteiger partial charge in [-0.3, -0.25) is 14.4 Å². The summed E-state index contributed by atoms with van der Waals surface area (Å²) in [5, 5.41) is 4.95. The predicted octanol–water partition coefficient (Wildman–Crippen LogP) is 3.05. The van der Waals surface area contributed by atoms with E-state index in [1.54, 1.807) is 0 Å². The molecule has 8 heteroatoms. The Labute approximate surface area is 165 Å². The molecule has 3 rings (SSSR count). The molecule has 0 aliphatic heterocycles. The van der Waals surface area contributed by atoms with E-state index >= 15 is 0 Å². The second kappa shape index (κ2) is 8.47. The molecule has 1 heterocycles. The first-order valence-electron chi connectivity index (χ1n) is 8.64. The Hall–Kier alpha value is -3.81. The van der Waals surface area contributed by atoms with Crippen LogP contribution in [0, 0.1) is 11.6 Å². The molecule has 29 heavy (non-hydrogen) atoms. The highest BCUT2D eigenvalue weighted by molar-refractivity contribution is 6.42. The van der Waals surface area contributed by atoms with Crippen LogP contribution in [-0.2, 0) is 18.4 Å². The van der Waals surface area contributed by atoms with E-state index < -0.39 is 29.2 Å². The van der Waals surface area contributed by atoms with Gasteiger partial charge in [-0.2, -0.15) is 0 Å². The molecule has 2 N–H and O–H groups in total. The summed E-state index contributed by atoms with van der Waals surface area (Å²) >= 11 is 0. The average Bonchev–Trinajstić information content (AvgIpc) is 3.11. The maximum Gasteiger partial charge on any atom is 0.292 e. The third-order valence-electron chi connectivity index (χ3n) is 4.18. The van der Waals surface area contributed by atoms with Crippen molar-refractivity contribution in [3.8, 4) is 0 Å². The number of nitrogens with zero attached hydrogens (tertiary/aromatic N) is 1. The molecule has 3 aromatic rings. The van der Waals surface area contributed by atoms with E-state index in [4.69, 9.17) is 0 Å². The number of rotatable bonds is 6. The molecule has 6 nitrogen and oxygen atoms in total. The molecule has 0 aliphatic carbocycles. The van der Waals surface area contributed by atoms with Crippen molar-refractivity contribution in [2.45, 2.75) is 6.54 Å². The number of amides is 2. The van der Waals surface area contributed by atoms with Gasteiger partial charge in [0, 0.05) is 37.1 Å². The van der Waals surface area contributed by atoms with E-state index in [9.17, 15) is 23.2 Å². The number of benzene rings is 2. The van der Waals surface area contributed by atoms with Crippen LogP contribution in [-0.4, -0.2) is 22.2 Å². The molecule has 0 atom stereocenters. The summed E-state index contributed by atoms with van der Waals surface area (Å²) in [4.78, 5) is 36.9. The fourth-order valence-electron chi connectivity index (χ4n) is 2.67. The minimum Gasteiger partial charge on any atom is -0.346 e. The molecule has 2 aromatic carbocycles. The number of carbonyl (C=O) groups excluding carboxylic acids is 3. The van der Waals surface area contributed by atoms with Gasteiger partial charge in [-0.15, -0.1) is 0 Å². The van der Waals surface area contributed by atoms with Crippen molar-refractivity contribution < 1.29 is 23.2 Å². The van der Waals surface area contributed by atoms with Crippen LogP contribution in [0.15, 0.2) is 60.8 Å². The standard InChI is InChI=1S/C21H17F2N3O3/c1-26-12-14(19(27)21(29)24-11-13-5-3-2-4-6-13)9-18(26)20(28)25-15-7-8-16(22)17(23)10-15/h2-10,12H,11H2,1H3,(H,24,29)(H,25,28). The maximum atomic E-state index is 13.3. The van der Waals surface area contributed by atoms with Gasteiger partial charge in [0.25, 0.3) is 17.6 Å². The summed E-state index contributed by atoms with van der Waals surface area (Å²) in [5.74, 6) is -4.35. The Morgan fingerprint density at radius 1 is 0.966 bits per heavy atom. The Balaban J connectivity index is 1.68. The van der Waals surface area contributed by atoms with Gasteiger partial charge < -0.3 is 15.2 Å². The molecule has 0 saturated heterocycles. The summed E-state index contributed by atoms with van der Waals surface area (Å²) in [5.41, 5.74) is 1.01. The average molecular weight is 397 g/mol. The monoisotopic (exact) mass is 397 g/mol. The Morgan fingerprint density at radius 2 is 1.69 bits per heavy atom. The molecule has 0 unspecified atom stereocenters. The molecule has 0 bridgehead atoms. The Morgan fingerprint density at radius 3 is 2.38 bits per heavy atom. The minimum atomic E-state index is -1.10. The molecule has 0 saturated carbocycles. The smallest absolute Gasteiger partial charge is 0.292 e. The zero-order valence-electron chi connectivity index (χ0n) is 15.4. The van der Waals surface area contributed by atoms with E-state index in [1.165, 1.54) is 29.9 Å². The zero-order valence-corrected chi connectivity index (χ0v) is 15.4. The summed E-state index contributed by atoms with van der Waals surface area (Å²) in [7, 11) is 1.53. The molecule has 148 valence electrons. The predicted molar refractivity (Wildman–Crippen MR) is 102 cm³/mol. The van der Waals surface area contributed by atoms with Crippen LogP contribution >= 0.6 is 0 Å². The molecule has 0 fully saturated rings. The Bertz CT molecular complexity index is 1080. The molecule has 1 aromatic heterocycles. The van der Waals surface area contributed by atoms with Gasteiger partial charge in [-0.1, -0.05) is 30.3 Å².